The first-order valence-corrected chi connectivity index (χ1v) is 13.4. The Balaban J connectivity index is 1.42. The third-order valence-corrected chi connectivity index (χ3v) is 7.33. The average molecular weight is 502 g/mol. The Morgan fingerprint density at radius 2 is 1.81 bits per heavy atom. The van der Waals surface area contributed by atoms with Crippen LogP contribution in [0.2, 0.25) is 0 Å². The Bertz CT molecular complexity index is 1240. The molecule has 0 saturated carbocycles. The van der Waals surface area contributed by atoms with Crippen molar-refractivity contribution in [3.05, 3.63) is 82.9 Å². The lowest BCUT2D eigenvalue weighted by molar-refractivity contribution is 0.0816. The molecule has 0 unspecified atom stereocenters. The second-order valence-corrected chi connectivity index (χ2v) is 11.5. The predicted molar refractivity (Wildman–Crippen MR) is 147 cm³/mol. The molecule has 5 heteroatoms. The van der Waals surface area contributed by atoms with Gasteiger partial charge in [-0.3, -0.25) is 0 Å². The highest BCUT2D eigenvalue weighted by atomic mass is 16.5. The van der Waals surface area contributed by atoms with E-state index < -0.39 is 5.54 Å². The Kier molecular flexibility index (Phi) is 7.09. The molecule has 5 rings (SSSR count). The first-order valence-electron chi connectivity index (χ1n) is 13.4. The molecule has 2 N–H and O–H groups in total. The van der Waals surface area contributed by atoms with Gasteiger partial charge in [-0.05, 0) is 68.4 Å². The van der Waals surface area contributed by atoms with Crippen molar-refractivity contribution in [1.82, 2.24) is 0 Å². The maximum absolute atomic E-state index is 7.10. The highest BCUT2D eigenvalue weighted by molar-refractivity contribution is 5.55. The zero-order valence-corrected chi connectivity index (χ0v) is 22.5. The van der Waals surface area contributed by atoms with Gasteiger partial charge in [0.25, 0.3) is 0 Å². The number of rotatable bonds is 8. The number of nitrogens with two attached hydrogens (primary N) is 1. The van der Waals surface area contributed by atoms with Crippen molar-refractivity contribution in [2.45, 2.75) is 71.1 Å². The second-order valence-electron chi connectivity index (χ2n) is 11.5. The molecule has 1 atom stereocenters. The molecule has 2 aliphatic rings. The molecule has 37 heavy (non-hydrogen) atoms. The van der Waals surface area contributed by atoms with Crippen LogP contribution in [0.15, 0.2) is 60.7 Å². The molecule has 0 saturated heterocycles. The molecule has 0 aliphatic carbocycles. The predicted octanol–water partition coefficient (Wildman–Crippen LogP) is 6.58. The van der Waals surface area contributed by atoms with Crippen molar-refractivity contribution in [3.63, 3.8) is 0 Å². The number of fused-ring (bicyclic) bond motifs is 3. The van der Waals surface area contributed by atoms with E-state index in [0.29, 0.717) is 32.2 Å². The topological polar surface area (TPSA) is 62.9 Å². The van der Waals surface area contributed by atoms with E-state index in [9.17, 15) is 0 Å². The molecular formula is C32H39NO4. The van der Waals surface area contributed by atoms with Gasteiger partial charge < -0.3 is 24.7 Å². The average Bonchev–Trinajstić information content (AvgIpc) is 2.87. The Labute approximate surface area is 220 Å². The molecule has 0 fully saturated rings. The molecule has 0 aromatic heterocycles. The summed E-state index contributed by atoms with van der Waals surface area (Å²) < 4.78 is 25.1. The fourth-order valence-corrected chi connectivity index (χ4v) is 5.12. The third-order valence-electron chi connectivity index (χ3n) is 7.33. The minimum absolute atomic E-state index is 0.155. The van der Waals surface area contributed by atoms with E-state index in [0.717, 1.165) is 64.5 Å². The fourth-order valence-electron chi connectivity index (χ4n) is 5.12. The van der Waals surface area contributed by atoms with Crippen LogP contribution in [0.25, 0.3) is 0 Å². The number of hydrogen-bond acceptors (Lipinski definition) is 5. The van der Waals surface area contributed by atoms with Gasteiger partial charge in [-0.15, -0.1) is 0 Å². The van der Waals surface area contributed by atoms with Gasteiger partial charge >= 0.3 is 0 Å². The SMILES string of the molecule is CC(C)CCOc1ccc([C@@]2(N)COc3c(ccc4c3CCC(C)(C)O4)C2)c(OCc2ccccc2)c1. The highest BCUT2D eigenvalue weighted by Crippen LogP contribution is 2.45. The van der Waals surface area contributed by atoms with Crippen LogP contribution in [0.4, 0.5) is 0 Å². The van der Waals surface area contributed by atoms with Crippen LogP contribution in [0.3, 0.4) is 0 Å². The highest BCUT2D eigenvalue weighted by Gasteiger charge is 2.39. The van der Waals surface area contributed by atoms with Gasteiger partial charge in [0.1, 0.15) is 41.8 Å². The molecule has 5 nitrogen and oxygen atoms in total. The van der Waals surface area contributed by atoms with Crippen LogP contribution in [0.5, 0.6) is 23.0 Å². The summed E-state index contributed by atoms with van der Waals surface area (Å²) in [7, 11) is 0. The van der Waals surface area contributed by atoms with Crippen molar-refractivity contribution in [1.29, 1.82) is 0 Å². The molecule has 0 spiro atoms. The normalized spacial score (nSPS) is 19.8. The zero-order chi connectivity index (χ0) is 26.0. The number of benzene rings is 3. The van der Waals surface area contributed by atoms with Crippen molar-refractivity contribution in [2.75, 3.05) is 13.2 Å². The van der Waals surface area contributed by atoms with Crippen LogP contribution < -0.4 is 24.7 Å². The lowest BCUT2D eigenvalue weighted by atomic mass is 9.81. The summed E-state index contributed by atoms with van der Waals surface area (Å²) in [4.78, 5) is 0. The standard InChI is InChI=1S/C32H39NO4/c1-22(2)15-17-34-25-11-12-27(29(18-25)35-20-23-8-6-5-7-9-23)32(33)19-24-10-13-28-26(30(24)36-21-32)14-16-31(3,4)37-28/h5-13,18,22H,14-17,19-21,33H2,1-4H3/t32-/m0/s1. The van der Waals surface area contributed by atoms with E-state index in [4.69, 9.17) is 24.7 Å². The summed E-state index contributed by atoms with van der Waals surface area (Å²) in [6, 6.07) is 20.4. The maximum Gasteiger partial charge on any atom is 0.129 e. The van der Waals surface area contributed by atoms with E-state index in [1.807, 2.05) is 36.4 Å². The van der Waals surface area contributed by atoms with E-state index in [1.54, 1.807) is 0 Å². The minimum Gasteiger partial charge on any atom is -0.493 e. The largest absolute Gasteiger partial charge is 0.493 e. The minimum atomic E-state index is -0.724. The van der Waals surface area contributed by atoms with Crippen molar-refractivity contribution < 1.29 is 18.9 Å². The monoisotopic (exact) mass is 501 g/mol. The molecule has 3 aromatic rings. The molecule has 3 aromatic carbocycles. The summed E-state index contributed by atoms with van der Waals surface area (Å²) in [5, 5.41) is 0. The van der Waals surface area contributed by atoms with Gasteiger partial charge in [-0.2, -0.15) is 0 Å². The zero-order valence-electron chi connectivity index (χ0n) is 22.5. The van der Waals surface area contributed by atoms with Gasteiger partial charge in [0.05, 0.1) is 12.1 Å². The quantitative estimate of drug-likeness (QED) is 0.378. The summed E-state index contributed by atoms with van der Waals surface area (Å²) in [6.07, 6.45) is 3.56. The molecular weight excluding hydrogens is 462 g/mol. The van der Waals surface area contributed by atoms with Gasteiger partial charge in [-0.1, -0.05) is 50.2 Å². The first-order chi connectivity index (χ1) is 17.7. The van der Waals surface area contributed by atoms with Crippen molar-refractivity contribution in [2.24, 2.45) is 11.7 Å². The summed E-state index contributed by atoms with van der Waals surface area (Å²) in [6.45, 7) is 10.2. The number of ether oxygens (including phenoxy) is 4. The summed E-state index contributed by atoms with van der Waals surface area (Å²) >= 11 is 0. The lowest BCUT2D eigenvalue weighted by Gasteiger charge is -2.39. The van der Waals surface area contributed by atoms with Crippen LogP contribution in [0, 0.1) is 5.92 Å². The Morgan fingerprint density at radius 3 is 2.59 bits per heavy atom. The van der Waals surface area contributed by atoms with Crippen LogP contribution in [0.1, 0.15) is 62.8 Å². The van der Waals surface area contributed by atoms with E-state index in [2.05, 4.69) is 52.0 Å². The maximum atomic E-state index is 7.10. The van der Waals surface area contributed by atoms with E-state index in [-0.39, 0.29) is 5.60 Å². The second kappa shape index (κ2) is 10.3. The van der Waals surface area contributed by atoms with Crippen LogP contribution >= 0.6 is 0 Å². The summed E-state index contributed by atoms with van der Waals surface area (Å²) in [5.41, 5.74) is 10.5. The van der Waals surface area contributed by atoms with Gasteiger partial charge in [0, 0.05) is 23.6 Å². The van der Waals surface area contributed by atoms with Crippen molar-refractivity contribution >= 4 is 0 Å². The molecule has 2 aliphatic heterocycles. The smallest absolute Gasteiger partial charge is 0.129 e. The molecule has 0 radical (unpaired) electrons. The van der Waals surface area contributed by atoms with Gasteiger partial charge in [-0.25, -0.2) is 0 Å². The van der Waals surface area contributed by atoms with E-state index in [1.165, 1.54) is 0 Å². The van der Waals surface area contributed by atoms with Crippen LogP contribution in [-0.2, 0) is 25.0 Å². The van der Waals surface area contributed by atoms with Crippen LogP contribution in [-0.4, -0.2) is 18.8 Å². The Morgan fingerprint density at radius 1 is 1.00 bits per heavy atom. The fraction of sp³-hybridized carbons (Fsp3) is 0.438. The molecule has 0 amide bonds. The first kappa shape index (κ1) is 25.5. The molecule has 0 bridgehead atoms. The van der Waals surface area contributed by atoms with E-state index >= 15 is 0 Å². The van der Waals surface area contributed by atoms with Gasteiger partial charge in [0.2, 0.25) is 0 Å². The summed E-state index contributed by atoms with van der Waals surface area (Å²) in [5.74, 6) is 3.98. The van der Waals surface area contributed by atoms with Crippen molar-refractivity contribution in [3.8, 4) is 23.0 Å². The Hall–Kier alpha value is -3.18. The van der Waals surface area contributed by atoms with Gasteiger partial charge in [0.15, 0.2) is 0 Å². The molecule has 2 heterocycles. The number of hydrogen-bond donors (Lipinski definition) is 1. The third kappa shape index (κ3) is 5.72. The molecule has 196 valence electrons. The lowest BCUT2D eigenvalue weighted by Crippen LogP contribution is -2.47.